The Balaban J connectivity index is 2.14. The van der Waals surface area contributed by atoms with E-state index in [4.69, 9.17) is 12.2 Å². The van der Waals surface area contributed by atoms with Gasteiger partial charge in [-0.05, 0) is 31.3 Å². The third kappa shape index (κ3) is 2.21. The SMILES string of the molecule is CCn1cc(C=C2C(=O)NC(=S)N(C)C2=O)c2ccccc21. The normalized spacial score (nSPS) is 17.5. The van der Waals surface area contributed by atoms with Gasteiger partial charge in [0.15, 0.2) is 5.11 Å². The molecule has 1 saturated heterocycles. The summed E-state index contributed by atoms with van der Waals surface area (Å²) in [6, 6.07) is 7.91. The van der Waals surface area contributed by atoms with E-state index in [0.29, 0.717) is 0 Å². The predicted molar refractivity (Wildman–Crippen MR) is 89.1 cm³/mol. The topological polar surface area (TPSA) is 54.3 Å². The van der Waals surface area contributed by atoms with E-state index in [1.54, 1.807) is 13.1 Å². The number of carbonyl (C=O) groups is 2. The fraction of sp³-hybridized carbons (Fsp3) is 0.188. The third-order valence-corrected chi connectivity index (χ3v) is 4.14. The summed E-state index contributed by atoms with van der Waals surface area (Å²) in [6.45, 7) is 2.86. The molecular weight excluding hydrogens is 298 g/mol. The number of fused-ring (bicyclic) bond motifs is 1. The molecule has 2 heterocycles. The largest absolute Gasteiger partial charge is 0.347 e. The van der Waals surface area contributed by atoms with Crippen molar-refractivity contribution in [2.45, 2.75) is 13.5 Å². The van der Waals surface area contributed by atoms with E-state index in [9.17, 15) is 9.59 Å². The van der Waals surface area contributed by atoms with Gasteiger partial charge >= 0.3 is 0 Å². The monoisotopic (exact) mass is 313 g/mol. The first kappa shape index (κ1) is 14.5. The van der Waals surface area contributed by atoms with Gasteiger partial charge < -0.3 is 4.57 Å². The molecule has 1 aliphatic heterocycles. The first-order valence-corrected chi connectivity index (χ1v) is 7.36. The van der Waals surface area contributed by atoms with E-state index in [-0.39, 0.29) is 16.6 Å². The second kappa shape index (κ2) is 5.38. The summed E-state index contributed by atoms with van der Waals surface area (Å²) in [7, 11) is 1.55. The summed E-state index contributed by atoms with van der Waals surface area (Å²) in [5.74, 6) is -0.844. The van der Waals surface area contributed by atoms with Crippen LogP contribution in [-0.2, 0) is 16.1 Å². The van der Waals surface area contributed by atoms with Crippen LogP contribution in [0.15, 0.2) is 36.0 Å². The highest BCUT2D eigenvalue weighted by molar-refractivity contribution is 7.80. The Morgan fingerprint density at radius 1 is 1.27 bits per heavy atom. The predicted octanol–water partition coefficient (Wildman–Crippen LogP) is 1.92. The van der Waals surface area contributed by atoms with Crippen molar-refractivity contribution in [3.8, 4) is 0 Å². The molecule has 2 amide bonds. The zero-order chi connectivity index (χ0) is 15.9. The molecule has 0 saturated carbocycles. The van der Waals surface area contributed by atoms with Crippen molar-refractivity contribution in [1.82, 2.24) is 14.8 Å². The second-order valence-electron chi connectivity index (χ2n) is 5.07. The Hall–Kier alpha value is -2.47. The summed E-state index contributed by atoms with van der Waals surface area (Å²) < 4.78 is 2.08. The first-order valence-electron chi connectivity index (χ1n) is 6.96. The van der Waals surface area contributed by atoms with Crippen molar-refractivity contribution in [1.29, 1.82) is 0 Å². The highest BCUT2D eigenvalue weighted by Crippen LogP contribution is 2.24. The van der Waals surface area contributed by atoms with Gasteiger partial charge in [0.25, 0.3) is 11.8 Å². The molecule has 22 heavy (non-hydrogen) atoms. The number of aryl methyl sites for hydroxylation is 1. The maximum absolute atomic E-state index is 12.3. The number of carbonyl (C=O) groups excluding carboxylic acids is 2. The number of likely N-dealkylation sites (N-methyl/N-ethyl adjacent to an activating group) is 1. The lowest BCUT2D eigenvalue weighted by Crippen LogP contribution is -2.52. The Bertz CT molecular complexity index is 835. The van der Waals surface area contributed by atoms with E-state index in [1.807, 2.05) is 37.4 Å². The molecule has 5 nitrogen and oxygen atoms in total. The van der Waals surface area contributed by atoms with Crippen molar-refractivity contribution in [2.75, 3.05) is 7.05 Å². The summed E-state index contributed by atoms with van der Waals surface area (Å²) in [4.78, 5) is 25.6. The maximum atomic E-state index is 12.3. The molecule has 1 N–H and O–H groups in total. The molecule has 1 aromatic carbocycles. The highest BCUT2D eigenvalue weighted by Gasteiger charge is 2.30. The molecule has 2 aromatic rings. The number of hydrogen-bond donors (Lipinski definition) is 1. The molecule has 3 rings (SSSR count). The molecule has 112 valence electrons. The fourth-order valence-electron chi connectivity index (χ4n) is 2.55. The lowest BCUT2D eigenvalue weighted by atomic mass is 10.1. The third-order valence-electron chi connectivity index (χ3n) is 3.76. The molecule has 0 aliphatic carbocycles. The van der Waals surface area contributed by atoms with Gasteiger partial charge in [-0.1, -0.05) is 18.2 Å². The zero-order valence-corrected chi connectivity index (χ0v) is 13.1. The van der Waals surface area contributed by atoms with Crippen molar-refractivity contribution >= 4 is 46.1 Å². The van der Waals surface area contributed by atoms with Gasteiger partial charge in [0.2, 0.25) is 0 Å². The van der Waals surface area contributed by atoms with Crippen LogP contribution in [0.2, 0.25) is 0 Å². The molecule has 0 radical (unpaired) electrons. The number of thiocarbonyl (C=S) groups is 1. The number of benzene rings is 1. The molecule has 0 spiro atoms. The van der Waals surface area contributed by atoms with Gasteiger partial charge in [0.05, 0.1) is 0 Å². The molecular formula is C16H15N3O2S. The lowest BCUT2D eigenvalue weighted by molar-refractivity contribution is -0.128. The average molecular weight is 313 g/mol. The standard InChI is InChI=1S/C16H15N3O2S/c1-3-19-9-10(11-6-4-5-7-13(11)19)8-12-14(20)17-16(22)18(2)15(12)21/h4-9H,3H2,1-2H3,(H,17,20,22). The van der Waals surface area contributed by atoms with Crippen LogP contribution in [0.5, 0.6) is 0 Å². The van der Waals surface area contributed by atoms with Crippen LogP contribution in [0.3, 0.4) is 0 Å². The molecule has 1 fully saturated rings. The molecule has 6 heteroatoms. The van der Waals surface area contributed by atoms with E-state index in [0.717, 1.165) is 23.0 Å². The number of para-hydroxylation sites is 1. The van der Waals surface area contributed by atoms with Crippen LogP contribution in [0, 0.1) is 0 Å². The fourth-order valence-corrected chi connectivity index (χ4v) is 2.73. The van der Waals surface area contributed by atoms with Crippen molar-refractivity contribution in [3.05, 3.63) is 41.6 Å². The minimum absolute atomic E-state index is 0.0927. The van der Waals surface area contributed by atoms with Crippen molar-refractivity contribution in [3.63, 3.8) is 0 Å². The van der Waals surface area contributed by atoms with Gasteiger partial charge in [-0.3, -0.25) is 19.8 Å². The van der Waals surface area contributed by atoms with Crippen LogP contribution in [-0.4, -0.2) is 33.4 Å². The van der Waals surface area contributed by atoms with E-state index in [2.05, 4.69) is 9.88 Å². The highest BCUT2D eigenvalue weighted by atomic mass is 32.1. The van der Waals surface area contributed by atoms with Crippen LogP contribution in [0.25, 0.3) is 17.0 Å². The quantitative estimate of drug-likeness (QED) is 0.523. The van der Waals surface area contributed by atoms with E-state index in [1.165, 1.54) is 4.90 Å². The number of rotatable bonds is 2. The van der Waals surface area contributed by atoms with Gasteiger partial charge in [0.1, 0.15) is 5.57 Å². The molecule has 0 atom stereocenters. The summed E-state index contributed by atoms with van der Waals surface area (Å²) in [5.41, 5.74) is 2.01. The summed E-state index contributed by atoms with van der Waals surface area (Å²) in [5, 5.41) is 3.66. The minimum Gasteiger partial charge on any atom is -0.347 e. The Morgan fingerprint density at radius 2 is 2.00 bits per heavy atom. The van der Waals surface area contributed by atoms with Gasteiger partial charge in [-0.15, -0.1) is 0 Å². The smallest absolute Gasteiger partial charge is 0.265 e. The van der Waals surface area contributed by atoms with Crippen LogP contribution in [0.4, 0.5) is 0 Å². The summed E-state index contributed by atoms with van der Waals surface area (Å²) >= 11 is 4.94. The van der Waals surface area contributed by atoms with Gasteiger partial charge in [-0.25, -0.2) is 0 Å². The van der Waals surface area contributed by atoms with Gasteiger partial charge in [0, 0.05) is 36.3 Å². The van der Waals surface area contributed by atoms with Gasteiger partial charge in [-0.2, -0.15) is 0 Å². The maximum Gasteiger partial charge on any atom is 0.265 e. The Kier molecular flexibility index (Phi) is 3.54. The number of amides is 2. The first-order chi connectivity index (χ1) is 10.5. The number of aromatic nitrogens is 1. The number of nitrogens with one attached hydrogen (secondary N) is 1. The summed E-state index contributed by atoms with van der Waals surface area (Å²) in [6.07, 6.45) is 3.58. The molecule has 1 aromatic heterocycles. The lowest BCUT2D eigenvalue weighted by Gasteiger charge is -2.24. The number of nitrogens with zero attached hydrogens (tertiary/aromatic N) is 2. The van der Waals surface area contributed by atoms with Crippen LogP contribution in [0.1, 0.15) is 12.5 Å². The van der Waals surface area contributed by atoms with Crippen molar-refractivity contribution in [2.24, 2.45) is 0 Å². The van der Waals surface area contributed by atoms with Crippen LogP contribution >= 0.6 is 12.2 Å². The van der Waals surface area contributed by atoms with E-state index >= 15 is 0 Å². The zero-order valence-electron chi connectivity index (χ0n) is 12.3. The molecule has 1 aliphatic rings. The van der Waals surface area contributed by atoms with Crippen molar-refractivity contribution < 1.29 is 9.59 Å². The number of hydrogen-bond acceptors (Lipinski definition) is 3. The Morgan fingerprint density at radius 3 is 2.73 bits per heavy atom. The minimum atomic E-state index is -0.457. The average Bonchev–Trinajstić information content (AvgIpc) is 2.87. The second-order valence-corrected chi connectivity index (χ2v) is 5.46. The Labute approximate surface area is 133 Å². The molecule has 0 unspecified atom stereocenters. The van der Waals surface area contributed by atoms with Crippen LogP contribution < -0.4 is 5.32 Å². The van der Waals surface area contributed by atoms with E-state index < -0.39 is 5.91 Å². The molecule has 0 bridgehead atoms.